The first-order valence-electron chi connectivity index (χ1n) is 8.60. The van der Waals surface area contributed by atoms with Gasteiger partial charge in [0.1, 0.15) is 0 Å². The van der Waals surface area contributed by atoms with Crippen molar-refractivity contribution < 1.29 is 10.2 Å². The van der Waals surface area contributed by atoms with Crippen molar-refractivity contribution in [1.82, 2.24) is 14.3 Å². The topological polar surface area (TPSA) is 80.3 Å². The van der Waals surface area contributed by atoms with E-state index >= 15 is 0 Å². The van der Waals surface area contributed by atoms with E-state index in [-0.39, 0.29) is 5.75 Å². The van der Waals surface area contributed by atoms with Crippen molar-refractivity contribution in [2.24, 2.45) is 7.05 Å². The molecule has 1 unspecified atom stereocenters. The van der Waals surface area contributed by atoms with E-state index in [0.29, 0.717) is 5.69 Å². The quantitative estimate of drug-likeness (QED) is 0.587. The number of aliphatic hydroxyl groups is 1. The van der Waals surface area contributed by atoms with Gasteiger partial charge in [-0.15, -0.1) is 0 Å². The van der Waals surface area contributed by atoms with Crippen LogP contribution in [0.5, 0.6) is 5.75 Å². The van der Waals surface area contributed by atoms with Gasteiger partial charge in [0.25, 0.3) is 0 Å². The number of pyridine rings is 1. The van der Waals surface area contributed by atoms with Gasteiger partial charge in [0.05, 0.1) is 29.7 Å². The van der Waals surface area contributed by atoms with Gasteiger partial charge >= 0.3 is 0 Å². The fraction of sp³-hybridized carbons (Fsp3) is 0.143. The first kappa shape index (κ1) is 17.1. The van der Waals surface area contributed by atoms with Crippen molar-refractivity contribution >= 4 is 10.9 Å². The summed E-state index contributed by atoms with van der Waals surface area (Å²) in [5.41, 5.74) is 3.67. The number of fused-ring (bicyclic) bond motifs is 1. The van der Waals surface area contributed by atoms with Crippen LogP contribution in [0.25, 0.3) is 27.7 Å². The number of nitrogens with zero attached hydrogens (tertiary/aromatic N) is 3. The van der Waals surface area contributed by atoms with Crippen molar-refractivity contribution in [3.05, 3.63) is 76.8 Å². The molecule has 6 heteroatoms. The summed E-state index contributed by atoms with van der Waals surface area (Å²) in [5.74, 6) is -0.360. The summed E-state index contributed by atoms with van der Waals surface area (Å²) in [7, 11) is 1.90. The Bertz CT molecular complexity index is 1200. The SMILES string of the molecule is CC(O)c1cc(=O)c(O)cn1-c1cccc(-c2ccc3cnn(C)c3c2)c1. The second kappa shape index (κ2) is 6.41. The Morgan fingerprint density at radius 1 is 1.07 bits per heavy atom. The van der Waals surface area contributed by atoms with Crippen LogP contribution in [0.1, 0.15) is 18.7 Å². The van der Waals surface area contributed by atoms with Gasteiger partial charge in [-0.2, -0.15) is 5.10 Å². The van der Waals surface area contributed by atoms with E-state index in [4.69, 9.17) is 0 Å². The van der Waals surface area contributed by atoms with Crippen LogP contribution < -0.4 is 5.43 Å². The van der Waals surface area contributed by atoms with Gasteiger partial charge in [-0.1, -0.05) is 24.3 Å². The highest BCUT2D eigenvalue weighted by Crippen LogP contribution is 2.27. The van der Waals surface area contributed by atoms with Gasteiger partial charge in [-0.25, -0.2) is 0 Å². The number of rotatable bonds is 3. The maximum Gasteiger partial charge on any atom is 0.223 e. The molecule has 2 N–H and O–H groups in total. The molecule has 2 aromatic heterocycles. The smallest absolute Gasteiger partial charge is 0.223 e. The van der Waals surface area contributed by atoms with Crippen molar-refractivity contribution in [1.29, 1.82) is 0 Å². The molecule has 0 saturated heterocycles. The molecular formula is C21H19N3O3. The molecule has 0 saturated carbocycles. The Balaban J connectivity index is 1.87. The number of aryl methyl sites for hydroxylation is 1. The number of hydrogen-bond donors (Lipinski definition) is 2. The van der Waals surface area contributed by atoms with Gasteiger partial charge < -0.3 is 14.8 Å². The third-order valence-corrected chi connectivity index (χ3v) is 4.70. The Labute approximate surface area is 155 Å². The van der Waals surface area contributed by atoms with E-state index in [9.17, 15) is 15.0 Å². The Kier molecular flexibility index (Phi) is 4.05. The van der Waals surface area contributed by atoms with Crippen LogP contribution in [0, 0.1) is 0 Å². The zero-order valence-corrected chi connectivity index (χ0v) is 15.0. The fourth-order valence-electron chi connectivity index (χ4n) is 3.24. The van der Waals surface area contributed by atoms with Crippen LogP contribution in [0.4, 0.5) is 0 Å². The lowest BCUT2D eigenvalue weighted by Gasteiger charge is -2.17. The molecular weight excluding hydrogens is 342 g/mol. The molecule has 0 bridgehead atoms. The molecule has 2 heterocycles. The monoisotopic (exact) mass is 361 g/mol. The van der Waals surface area contributed by atoms with E-state index in [1.165, 1.54) is 12.3 Å². The number of aliphatic hydroxyl groups excluding tert-OH is 1. The third kappa shape index (κ3) is 3.00. The number of aromatic nitrogens is 3. The van der Waals surface area contributed by atoms with E-state index in [1.54, 1.807) is 11.5 Å². The summed E-state index contributed by atoms with van der Waals surface area (Å²) >= 11 is 0. The maximum absolute atomic E-state index is 11.8. The molecule has 6 nitrogen and oxygen atoms in total. The minimum atomic E-state index is -0.854. The van der Waals surface area contributed by atoms with Gasteiger partial charge in [0.2, 0.25) is 5.43 Å². The van der Waals surface area contributed by atoms with Gasteiger partial charge in [-0.3, -0.25) is 9.48 Å². The molecule has 0 aliphatic rings. The predicted octanol–water partition coefficient (Wildman–Crippen LogP) is 3.15. The van der Waals surface area contributed by atoms with Crippen LogP contribution >= 0.6 is 0 Å². The minimum absolute atomic E-state index is 0.360. The zero-order chi connectivity index (χ0) is 19.1. The molecule has 0 aliphatic carbocycles. The predicted molar refractivity (Wildman–Crippen MR) is 104 cm³/mol. The van der Waals surface area contributed by atoms with Gasteiger partial charge in [0, 0.05) is 24.2 Å². The first-order chi connectivity index (χ1) is 12.9. The van der Waals surface area contributed by atoms with Crippen LogP contribution in [0.15, 0.2) is 65.7 Å². The van der Waals surface area contributed by atoms with Gasteiger partial charge in [-0.05, 0) is 36.2 Å². The van der Waals surface area contributed by atoms with Crippen molar-refractivity contribution in [3.63, 3.8) is 0 Å². The summed E-state index contributed by atoms with van der Waals surface area (Å²) in [6, 6.07) is 15.1. The third-order valence-electron chi connectivity index (χ3n) is 4.70. The second-order valence-electron chi connectivity index (χ2n) is 6.59. The molecule has 1 atom stereocenters. The lowest BCUT2D eigenvalue weighted by molar-refractivity contribution is 0.191. The Morgan fingerprint density at radius 2 is 1.85 bits per heavy atom. The van der Waals surface area contributed by atoms with Crippen LogP contribution in [0.3, 0.4) is 0 Å². The van der Waals surface area contributed by atoms with Crippen molar-refractivity contribution in [3.8, 4) is 22.6 Å². The standard InChI is InChI=1S/C21H19N3O3/c1-13(25)18-10-20(26)21(27)12-24(18)17-5-3-4-14(8-17)15-6-7-16-11-22-23(2)19(16)9-15/h3-13,25,27H,1-2H3. The average molecular weight is 361 g/mol. The van der Waals surface area contributed by atoms with Crippen LogP contribution in [-0.2, 0) is 7.05 Å². The maximum atomic E-state index is 11.8. The zero-order valence-electron chi connectivity index (χ0n) is 15.0. The van der Waals surface area contributed by atoms with E-state index in [2.05, 4.69) is 11.2 Å². The summed E-state index contributed by atoms with van der Waals surface area (Å²) < 4.78 is 3.46. The Morgan fingerprint density at radius 3 is 2.63 bits per heavy atom. The van der Waals surface area contributed by atoms with Crippen molar-refractivity contribution in [2.45, 2.75) is 13.0 Å². The lowest BCUT2D eigenvalue weighted by atomic mass is 10.0. The molecule has 0 amide bonds. The van der Waals surface area contributed by atoms with Gasteiger partial charge in [0.15, 0.2) is 5.75 Å². The highest BCUT2D eigenvalue weighted by atomic mass is 16.3. The summed E-state index contributed by atoms with van der Waals surface area (Å²) in [6.45, 7) is 1.59. The highest BCUT2D eigenvalue weighted by Gasteiger charge is 2.13. The van der Waals surface area contributed by atoms with Crippen LogP contribution in [0.2, 0.25) is 0 Å². The Hall–Kier alpha value is -3.38. The van der Waals surface area contributed by atoms with Crippen LogP contribution in [-0.4, -0.2) is 24.6 Å². The first-order valence-corrected chi connectivity index (χ1v) is 8.60. The molecule has 0 radical (unpaired) electrons. The molecule has 136 valence electrons. The molecule has 0 spiro atoms. The molecule has 4 rings (SSSR count). The highest BCUT2D eigenvalue weighted by molar-refractivity contribution is 5.84. The second-order valence-corrected chi connectivity index (χ2v) is 6.59. The molecule has 4 aromatic rings. The summed E-state index contributed by atoms with van der Waals surface area (Å²) in [6.07, 6.45) is 2.31. The normalized spacial score (nSPS) is 12.4. The van der Waals surface area contributed by atoms with E-state index < -0.39 is 11.5 Å². The van der Waals surface area contributed by atoms with Crippen molar-refractivity contribution in [2.75, 3.05) is 0 Å². The molecule has 0 fully saturated rings. The number of hydrogen-bond acceptors (Lipinski definition) is 4. The largest absolute Gasteiger partial charge is 0.503 e. The van der Waals surface area contributed by atoms with E-state index in [1.807, 2.05) is 54.3 Å². The number of benzene rings is 2. The molecule has 0 aliphatic heterocycles. The fourth-order valence-corrected chi connectivity index (χ4v) is 3.24. The molecule has 2 aromatic carbocycles. The average Bonchev–Trinajstić information content (AvgIpc) is 3.04. The molecule has 27 heavy (non-hydrogen) atoms. The van der Waals surface area contributed by atoms with E-state index in [0.717, 1.165) is 27.7 Å². The summed E-state index contributed by atoms with van der Waals surface area (Å²) in [5, 5.41) is 25.2. The summed E-state index contributed by atoms with van der Waals surface area (Å²) in [4.78, 5) is 11.8. The lowest BCUT2D eigenvalue weighted by Crippen LogP contribution is -2.13. The minimum Gasteiger partial charge on any atom is -0.503 e. The number of aromatic hydroxyl groups is 1.